The quantitative estimate of drug-likeness (QED) is 0.776. The largest absolute Gasteiger partial charge is 0.349 e. The Labute approximate surface area is 139 Å². The van der Waals surface area contributed by atoms with Crippen molar-refractivity contribution in [3.8, 4) is 5.69 Å². The van der Waals surface area contributed by atoms with Gasteiger partial charge in [0, 0.05) is 33.1 Å². The van der Waals surface area contributed by atoms with Gasteiger partial charge < -0.3 is 15.5 Å². The van der Waals surface area contributed by atoms with Crippen LogP contribution < -0.4 is 10.6 Å². The second-order valence-electron chi connectivity index (χ2n) is 5.21. The van der Waals surface area contributed by atoms with Gasteiger partial charge >= 0.3 is 11.8 Å². The SMILES string of the molecule is CN(C)C(=O)CCNC(=O)C(=O)Nc1ccnn1-c1ccccc1. The smallest absolute Gasteiger partial charge is 0.314 e. The molecule has 24 heavy (non-hydrogen) atoms. The van der Waals surface area contributed by atoms with Crippen LogP contribution in [-0.4, -0.2) is 53.0 Å². The average Bonchev–Trinajstić information content (AvgIpc) is 3.03. The van der Waals surface area contributed by atoms with Gasteiger partial charge in [0.25, 0.3) is 0 Å². The minimum absolute atomic E-state index is 0.0984. The number of carbonyl (C=O) groups excluding carboxylic acids is 3. The molecule has 0 saturated carbocycles. The minimum Gasteiger partial charge on any atom is -0.349 e. The molecule has 0 bridgehead atoms. The molecule has 2 aromatic rings. The number of nitrogens with zero attached hydrogens (tertiary/aromatic N) is 3. The summed E-state index contributed by atoms with van der Waals surface area (Å²) in [4.78, 5) is 36.6. The summed E-state index contributed by atoms with van der Waals surface area (Å²) in [5.41, 5.74) is 0.759. The zero-order valence-corrected chi connectivity index (χ0v) is 13.5. The Morgan fingerprint density at radius 3 is 2.46 bits per heavy atom. The van der Waals surface area contributed by atoms with Gasteiger partial charge in [0.2, 0.25) is 5.91 Å². The molecule has 0 fully saturated rings. The van der Waals surface area contributed by atoms with Crippen LogP contribution in [0.5, 0.6) is 0 Å². The van der Waals surface area contributed by atoms with Gasteiger partial charge in [-0.3, -0.25) is 14.4 Å². The van der Waals surface area contributed by atoms with Crippen molar-refractivity contribution in [2.45, 2.75) is 6.42 Å². The Morgan fingerprint density at radius 1 is 1.08 bits per heavy atom. The topological polar surface area (TPSA) is 96.3 Å². The lowest BCUT2D eigenvalue weighted by atomic mass is 10.3. The van der Waals surface area contributed by atoms with Crippen molar-refractivity contribution in [3.63, 3.8) is 0 Å². The molecule has 0 aliphatic heterocycles. The molecule has 0 aliphatic carbocycles. The molecule has 0 saturated heterocycles. The van der Waals surface area contributed by atoms with Crippen molar-refractivity contribution >= 4 is 23.5 Å². The van der Waals surface area contributed by atoms with Gasteiger partial charge in [-0.1, -0.05) is 18.2 Å². The van der Waals surface area contributed by atoms with E-state index in [0.29, 0.717) is 5.82 Å². The molecule has 0 spiro atoms. The molecule has 0 unspecified atom stereocenters. The Hall–Kier alpha value is -3.16. The number of amides is 3. The van der Waals surface area contributed by atoms with Crippen molar-refractivity contribution in [2.75, 3.05) is 26.0 Å². The van der Waals surface area contributed by atoms with Crippen LogP contribution in [0.4, 0.5) is 5.82 Å². The molecule has 2 rings (SSSR count). The number of para-hydroxylation sites is 1. The monoisotopic (exact) mass is 329 g/mol. The van der Waals surface area contributed by atoms with Gasteiger partial charge in [0.15, 0.2) is 0 Å². The molecular formula is C16H19N5O3. The lowest BCUT2D eigenvalue weighted by molar-refractivity contribution is -0.136. The number of anilines is 1. The predicted molar refractivity (Wildman–Crippen MR) is 88.5 cm³/mol. The van der Waals surface area contributed by atoms with Crippen LogP contribution >= 0.6 is 0 Å². The first kappa shape index (κ1) is 17.2. The van der Waals surface area contributed by atoms with E-state index in [9.17, 15) is 14.4 Å². The fourth-order valence-electron chi connectivity index (χ4n) is 1.93. The highest BCUT2D eigenvalue weighted by atomic mass is 16.2. The van der Waals surface area contributed by atoms with E-state index in [1.54, 1.807) is 20.2 Å². The molecule has 0 atom stereocenters. The summed E-state index contributed by atoms with van der Waals surface area (Å²) in [6.07, 6.45) is 1.66. The Balaban J connectivity index is 1.92. The Kier molecular flexibility index (Phi) is 5.67. The van der Waals surface area contributed by atoms with E-state index in [4.69, 9.17) is 0 Å². The van der Waals surface area contributed by atoms with Crippen molar-refractivity contribution in [1.82, 2.24) is 20.0 Å². The molecule has 126 valence electrons. The number of carbonyl (C=O) groups is 3. The number of nitrogens with one attached hydrogen (secondary N) is 2. The summed E-state index contributed by atoms with van der Waals surface area (Å²) < 4.78 is 1.51. The van der Waals surface area contributed by atoms with E-state index in [2.05, 4.69) is 15.7 Å². The first-order valence-corrected chi connectivity index (χ1v) is 7.38. The number of rotatable bonds is 5. The van der Waals surface area contributed by atoms with Gasteiger partial charge in [-0.2, -0.15) is 5.10 Å². The van der Waals surface area contributed by atoms with E-state index < -0.39 is 11.8 Å². The van der Waals surface area contributed by atoms with Gasteiger partial charge in [-0.25, -0.2) is 4.68 Å². The second kappa shape index (κ2) is 7.91. The fraction of sp³-hybridized carbons (Fsp3) is 0.250. The lowest BCUT2D eigenvalue weighted by Gasteiger charge is -2.11. The molecule has 2 N–H and O–H groups in total. The third-order valence-electron chi connectivity index (χ3n) is 3.21. The Morgan fingerprint density at radius 2 is 1.79 bits per heavy atom. The van der Waals surface area contributed by atoms with Gasteiger partial charge in [-0.15, -0.1) is 0 Å². The summed E-state index contributed by atoms with van der Waals surface area (Å²) in [6, 6.07) is 10.8. The summed E-state index contributed by atoms with van der Waals surface area (Å²) in [7, 11) is 3.25. The standard InChI is InChI=1S/C16H19N5O3/c1-20(2)14(22)9-10-17-15(23)16(24)19-13-8-11-18-21(13)12-6-4-3-5-7-12/h3-8,11H,9-10H2,1-2H3,(H,17,23)(H,19,24). The summed E-state index contributed by atoms with van der Waals surface area (Å²) >= 11 is 0. The molecule has 8 heteroatoms. The van der Waals surface area contributed by atoms with Crippen molar-refractivity contribution in [2.24, 2.45) is 0 Å². The number of benzene rings is 1. The third-order valence-corrected chi connectivity index (χ3v) is 3.21. The minimum atomic E-state index is -0.815. The van der Waals surface area contributed by atoms with Crippen LogP contribution in [-0.2, 0) is 14.4 Å². The van der Waals surface area contributed by atoms with Crippen LogP contribution in [0.1, 0.15) is 6.42 Å². The average molecular weight is 329 g/mol. The van der Waals surface area contributed by atoms with E-state index in [0.717, 1.165) is 5.69 Å². The molecular weight excluding hydrogens is 310 g/mol. The van der Waals surface area contributed by atoms with Crippen molar-refractivity contribution in [1.29, 1.82) is 0 Å². The molecule has 0 aliphatic rings. The van der Waals surface area contributed by atoms with E-state index >= 15 is 0 Å². The maximum Gasteiger partial charge on any atom is 0.314 e. The van der Waals surface area contributed by atoms with Crippen LogP contribution in [0, 0.1) is 0 Å². The molecule has 3 amide bonds. The fourth-order valence-corrected chi connectivity index (χ4v) is 1.93. The summed E-state index contributed by atoms with van der Waals surface area (Å²) in [6.45, 7) is 0.0984. The van der Waals surface area contributed by atoms with E-state index in [1.165, 1.54) is 15.8 Å². The first-order chi connectivity index (χ1) is 11.5. The Bertz CT molecular complexity index is 724. The maximum absolute atomic E-state index is 11.9. The van der Waals surface area contributed by atoms with E-state index in [1.807, 2.05) is 30.3 Å². The highest BCUT2D eigenvalue weighted by molar-refractivity contribution is 6.39. The normalized spacial score (nSPS) is 10.1. The van der Waals surface area contributed by atoms with Crippen molar-refractivity contribution in [3.05, 3.63) is 42.6 Å². The predicted octanol–water partition coefficient (Wildman–Crippen LogP) is 0.405. The molecule has 1 aromatic heterocycles. The number of hydrogen-bond donors (Lipinski definition) is 2. The summed E-state index contributed by atoms with van der Waals surface area (Å²) in [5.74, 6) is -1.36. The molecule has 1 heterocycles. The van der Waals surface area contributed by atoms with Crippen molar-refractivity contribution < 1.29 is 14.4 Å². The summed E-state index contributed by atoms with van der Waals surface area (Å²) in [5, 5.41) is 9.04. The van der Waals surface area contributed by atoms with Crippen LogP contribution in [0.2, 0.25) is 0 Å². The van der Waals surface area contributed by atoms with Gasteiger partial charge in [-0.05, 0) is 12.1 Å². The van der Waals surface area contributed by atoms with E-state index in [-0.39, 0.29) is 18.9 Å². The highest BCUT2D eigenvalue weighted by Gasteiger charge is 2.16. The molecule has 0 radical (unpaired) electrons. The molecule has 8 nitrogen and oxygen atoms in total. The van der Waals surface area contributed by atoms with Gasteiger partial charge in [0.05, 0.1) is 11.9 Å². The zero-order chi connectivity index (χ0) is 17.5. The molecule has 1 aromatic carbocycles. The van der Waals surface area contributed by atoms with Crippen LogP contribution in [0.3, 0.4) is 0 Å². The number of aromatic nitrogens is 2. The number of hydrogen-bond acceptors (Lipinski definition) is 4. The zero-order valence-electron chi connectivity index (χ0n) is 13.5. The maximum atomic E-state index is 11.9. The second-order valence-corrected chi connectivity index (χ2v) is 5.21. The van der Waals surface area contributed by atoms with Gasteiger partial charge in [0.1, 0.15) is 5.82 Å². The lowest BCUT2D eigenvalue weighted by Crippen LogP contribution is -2.37. The highest BCUT2D eigenvalue weighted by Crippen LogP contribution is 2.13. The van der Waals surface area contributed by atoms with Crippen LogP contribution in [0.25, 0.3) is 5.69 Å². The first-order valence-electron chi connectivity index (χ1n) is 7.38. The van der Waals surface area contributed by atoms with Crippen LogP contribution in [0.15, 0.2) is 42.6 Å². The third kappa shape index (κ3) is 4.42.